The maximum Gasteiger partial charge on any atom is 0.266 e. The average Bonchev–Trinajstić information content (AvgIpc) is 2.99. The van der Waals surface area contributed by atoms with Gasteiger partial charge in [-0.15, -0.1) is 0 Å². The van der Waals surface area contributed by atoms with Gasteiger partial charge in [-0.05, 0) is 47.5 Å². The molecule has 1 spiro atoms. The second kappa shape index (κ2) is 6.35. The molecule has 1 aromatic heterocycles. The fourth-order valence-electron chi connectivity index (χ4n) is 3.88. The summed E-state index contributed by atoms with van der Waals surface area (Å²) in [4.78, 5) is 25.8. The Labute approximate surface area is 172 Å². The number of aromatic nitrogens is 1. The molecule has 3 aromatic rings. The third-order valence-electron chi connectivity index (χ3n) is 5.40. The Kier molecular flexibility index (Phi) is 3.89. The van der Waals surface area contributed by atoms with Crippen LogP contribution in [0, 0.1) is 0 Å². The van der Waals surface area contributed by atoms with Crippen LogP contribution in [0.5, 0.6) is 5.75 Å². The molecular weight excluding hydrogens is 384 g/mol. The molecule has 2 aliphatic rings. The predicted molar refractivity (Wildman–Crippen MR) is 112 cm³/mol. The van der Waals surface area contributed by atoms with E-state index in [1.54, 1.807) is 32.1 Å². The minimum Gasteiger partial charge on any atom is -0.497 e. The number of amides is 1. The summed E-state index contributed by atoms with van der Waals surface area (Å²) in [5.41, 5.74) is 8.45. The van der Waals surface area contributed by atoms with Crippen LogP contribution in [0.4, 0.5) is 0 Å². The lowest BCUT2D eigenvalue weighted by molar-refractivity contribution is -0.129. The Bertz CT molecular complexity index is 1180. The highest BCUT2D eigenvalue weighted by Crippen LogP contribution is 2.53. The minimum atomic E-state index is -1.22. The number of hydrogen-bond donors (Lipinski definition) is 1. The Balaban J connectivity index is 1.80. The van der Waals surface area contributed by atoms with Crippen LogP contribution < -0.4 is 10.5 Å². The van der Waals surface area contributed by atoms with Gasteiger partial charge in [0, 0.05) is 40.4 Å². The number of aliphatic imine (C=N–C) groups is 1. The quantitative estimate of drug-likeness (QED) is 0.712. The largest absolute Gasteiger partial charge is 0.497 e. The van der Waals surface area contributed by atoms with Crippen molar-refractivity contribution in [2.24, 2.45) is 10.7 Å². The molecule has 2 aliphatic heterocycles. The summed E-state index contributed by atoms with van der Waals surface area (Å²) in [6, 6.07) is 15.7. The van der Waals surface area contributed by atoms with Crippen LogP contribution in [-0.4, -0.2) is 35.9 Å². The van der Waals surface area contributed by atoms with E-state index in [9.17, 15) is 4.79 Å². The number of carbonyl (C=O) groups excluding carboxylic acids is 1. The molecule has 0 bridgehead atoms. The van der Waals surface area contributed by atoms with Crippen LogP contribution >= 0.6 is 11.8 Å². The summed E-state index contributed by atoms with van der Waals surface area (Å²) >= 11 is 1.62. The molecule has 1 atom stereocenters. The van der Waals surface area contributed by atoms with Crippen LogP contribution in [0.2, 0.25) is 0 Å². The van der Waals surface area contributed by atoms with Crippen molar-refractivity contribution >= 4 is 23.6 Å². The minimum absolute atomic E-state index is 0.172. The van der Waals surface area contributed by atoms with Crippen molar-refractivity contribution in [2.45, 2.75) is 15.3 Å². The lowest BCUT2D eigenvalue weighted by Crippen LogP contribution is -2.42. The first kappa shape index (κ1) is 17.8. The highest BCUT2D eigenvalue weighted by molar-refractivity contribution is 7.99. The zero-order valence-corrected chi connectivity index (χ0v) is 16.7. The second-order valence-corrected chi connectivity index (χ2v) is 8.05. The SMILES string of the molecule is COc1ccc2c(c1)C1(N=C(N)N(C)C1=O)c1cc(-c3cccnc3)ccc1S2. The van der Waals surface area contributed by atoms with Crippen molar-refractivity contribution in [1.29, 1.82) is 0 Å². The first-order chi connectivity index (χ1) is 14.0. The lowest BCUT2D eigenvalue weighted by atomic mass is 9.81. The van der Waals surface area contributed by atoms with Gasteiger partial charge in [0.2, 0.25) is 0 Å². The molecule has 0 aliphatic carbocycles. The number of pyridine rings is 1. The number of hydrogen-bond acceptors (Lipinski definition) is 6. The van der Waals surface area contributed by atoms with E-state index in [0.717, 1.165) is 32.0 Å². The van der Waals surface area contributed by atoms with Gasteiger partial charge in [-0.1, -0.05) is 23.9 Å². The summed E-state index contributed by atoms with van der Waals surface area (Å²) in [6.07, 6.45) is 3.55. The van der Waals surface area contributed by atoms with Crippen LogP contribution in [0.3, 0.4) is 0 Å². The van der Waals surface area contributed by atoms with E-state index in [0.29, 0.717) is 5.75 Å². The van der Waals surface area contributed by atoms with Crippen molar-refractivity contribution < 1.29 is 9.53 Å². The lowest BCUT2D eigenvalue weighted by Gasteiger charge is -2.34. The summed E-state index contributed by atoms with van der Waals surface area (Å²) in [5, 5.41) is 0. The Hall–Kier alpha value is -3.32. The predicted octanol–water partition coefficient (Wildman–Crippen LogP) is 3.25. The van der Waals surface area contributed by atoms with E-state index in [4.69, 9.17) is 15.5 Å². The first-order valence-corrected chi connectivity index (χ1v) is 9.91. The van der Waals surface area contributed by atoms with E-state index >= 15 is 0 Å². The van der Waals surface area contributed by atoms with Crippen LogP contribution in [0.1, 0.15) is 11.1 Å². The van der Waals surface area contributed by atoms with Gasteiger partial charge >= 0.3 is 0 Å². The van der Waals surface area contributed by atoms with Crippen molar-refractivity contribution in [2.75, 3.05) is 14.2 Å². The Morgan fingerprint density at radius 3 is 2.48 bits per heavy atom. The van der Waals surface area contributed by atoms with Gasteiger partial charge < -0.3 is 10.5 Å². The molecule has 0 saturated heterocycles. The molecule has 2 aromatic carbocycles. The average molecular weight is 402 g/mol. The number of benzene rings is 2. The number of methoxy groups -OCH3 is 1. The Morgan fingerprint density at radius 1 is 1.07 bits per heavy atom. The highest BCUT2D eigenvalue weighted by Gasteiger charge is 2.53. The number of guanidine groups is 1. The molecule has 1 unspecified atom stereocenters. The molecule has 0 fully saturated rings. The van der Waals surface area contributed by atoms with E-state index in [-0.39, 0.29) is 11.9 Å². The molecule has 29 heavy (non-hydrogen) atoms. The molecule has 0 radical (unpaired) electrons. The summed E-state index contributed by atoms with van der Waals surface area (Å²) < 4.78 is 5.43. The summed E-state index contributed by atoms with van der Waals surface area (Å²) in [6.45, 7) is 0. The van der Waals surface area contributed by atoms with Crippen LogP contribution in [0.15, 0.2) is 75.7 Å². The molecule has 1 amide bonds. The van der Waals surface area contributed by atoms with E-state index < -0.39 is 5.54 Å². The topological polar surface area (TPSA) is 80.8 Å². The van der Waals surface area contributed by atoms with Gasteiger partial charge in [0.15, 0.2) is 11.5 Å². The first-order valence-electron chi connectivity index (χ1n) is 9.09. The molecule has 144 valence electrons. The van der Waals surface area contributed by atoms with Gasteiger partial charge in [0.1, 0.15) is 5.75 Å². The molecule has 0 saturated carbocycles. The third-order valence-corrected chi connectivity index (χ3v) is 6.55. The number of nitrogens with zero attached hydrogens (tertiary/aromatic N) is 3. The van der Waals surface area contributed by atoms with Gasteiger partial charge in [-0.25, -0.2) is 4.99 Å². The zero-order valence-electron chi connectivity index (χ0n) is 15.9. The molecule has 7 heteroatoms. The smallest absolute Gasteiger partial charge is 0.266 e. The van der Waals surface area contributed by atoms with Crippen molar-refractivity contribution in [3.8, 4) is 16.9 Å². The molecule has 5 rings (SSSR count). The highest BCUT2D eigenvalue weighted by atomic mass is 32.2. The number of ether oxygens (including phenoxy) is 1. The molecule has 2 N–H and O–H groups in total. The van der Waals surface area contributed by atoms with Gasteiger partial charge in [0.05, 0.1) is 7.11 Å². The van der Waals surface area contributed by atoms with Gasteiger partial charge in [-0.3, -0.25) is 14.7 Å². The van der Waals surface area contributed by atoms with E-state index in [2.05, 4.69) is 4.98 Å². The third kappa shape index (κ3) is 2.47. The fraction of sp³-hybridized carbons (Fsp3) is 0.136. The molecular formula is C22H18N4O2S. The van der Waals surface area contributed by atoms with E-state index in [1.807, 2.05) is 54.7 Å². The number of carbonyl (C=O) groups is 1. The maximum atomic E-state index is 13.5. The van der Waals surface area contributed by atoms with Crippen LogP contribution in [0.25, 0.3) is 11.1 Å². The number of rotatable bonds is 2. The van der Waals surface area contributed by atoms with Crippen molar-refractivity contribution in [3.63, 3.8) is 0 Å². The normalized spacial score (nSPS) is 19.7. The monoisotopic (exact) mass is 402 g/mol. The van der Waals surface area contributed by atoms with Gasteiger partial charge in [-0.2, -0.15) is 0 Å². The maximum absolute atomic E-state index is 13.5. The van der Waals surface area contributed by atoms with Crippen molar-refractivity contribution in [1.82, 2.24) is 9.88 Å². The summed E-state index contributed by atoms with van der Waals surface area (Å²) in [7, 11) is 3.27. The standard InChI is InChI=1S/C22H18N4O2S/c1-26-20(27)22(25-21(26)23)16-10-13(14-4-3-9-24-12-14)5-7-18(16)29-19-8-6-15(28-2)11-17(19)22/h3-12H,1-2H3,(H2,23,25). The second-order valence-electron chi connectivity index (χ2n) is 6.96. The fourth-order valence-corrected chi connectivity index (χ4v) is 5.02. The summed E-state index contributed by atoms with van der Waals surface area (Å²) in [5.74, 6) is 0.703. The molecule has 3 heterocycles. The number of likely N-dealkylation sites (N-methyl/N-ethyl adjacent to an activating group) is 1. The van der Waals surface area contributed by atoms with Crippen molar-refractivity contribution in [3.05, 3.63) is 72.1 Å². The molecule has 6 nitrogen and oxygen atoms in total. The Morgan fingerprint density at radius 2 is 1.83 bits per heavy atom. The van der Waals surface area contributed by atoms with Crippen LogP contribution in [-0.2, 0) is 10.3 Å². The van der Waals surface area contributed by atoms with Gasteiger partial charge in [0.25, 0.3) is 5.91 Å². The number of nitrogens with two attached hydrogens (primary N) is 1. The zero-order chi connectivity index (χ0) is 20.2. The number of fused-ring (bicyclic) bond motifs is 4. The van der Waals surface area contributed by atoms with E-state index in [1.165, 1.54) is 4.90 Å².